The van der Waals surface area contributed by atoms with Gasteiger partial charge in [-0.2, -0.15) is 0 Å². The molecule has 0 aliphatic rings. The molecule has 1 unspecified atom stereocenters. The van der Waals surface area contributed by atoms with Crippen molar-refractivity contribution in [3.05, 3.63) is 35.3 Å². The second-order valence-electron chi connectivity index (χ2n) is 4.86. The number of rotatable bonds is 6. The number of aryl methyl sites for hydroxylation is 1. The summed E-state index contributed by atoms with van der Waals surface area (Å²) in [6, 6.07) is 7.20. The SMILES string of the molecule is CCC(C)Nc1ccc(NS(=O)(=O)c2ccc(C)s2)nc1. The van der Waals surface area contributed by atoms with E-state index in [1.165, 1.54) is 11.3 Å². The van der Waals surface area contributed by atoms with Crippen LogP contribution in [0.3, 0.4) is 0 Å². The van der Waals surface area contributed by atoms with Gasteiger partial charge in [0.1, 0.15) is 10.0 Å². The molecule has 0 aliphatic carbocycles. The predicted octanol–water partition coefficient (Wildman–Crippen LogP) is 3.46. The third-order valence-corrected chi connectivity index (χ3v) is 5.86. The first kappa shape index (κ1) is 15.8. The third-order valence-electron chi connectivity index (χ3n) is 3.01. The van der Waals surface area contributed by atoms with Gasteiger partial charge in [0.05, 0.1) is 11.9 Å². The highest BCUT2D eigenvalue weighted by Crippen LogP contribution is 2.23. The molecule has 2 rings (SSSR count). The van der Waals surface area contributed by atoms with Gasteiger partial charge in [0, 0.05) is 10.9 Å². The Morgan fingerprint density at radius 1 is 1.29 bits per heavy atom. The average molecular weight is 325 g/mol. The second-order valence-corrected chi connectivity index (χ2v) is 8.05. The molecular formula is C14H19N3O2S2. The summed E-state index contributed by atoms with van der Waals surface area (Å²) in [7, 11) is -3.55. The number of pyridine rings is 1. The van der Waals surface area contributed by atoms with Gasteiger partial charge in [-0.3, -0.25) is 4.72 Å². The van der Waals surface area contributed by atoms with Crippen LogP contribution in [0.15, 0.2) is 34.7 Å². The molecule has 0 spiro atoms. The lowest BCUT2D eigenvalue weighted by molar-refractivity contribution is 0.603. The Labute approximate surface area is 129 Å². The molecule has 0 aromatic carbocycles. The maximum Gasteiger partial charge on any atom is 0.272 e. The Morgan fingerprint density at radius 2 is 2.05 bits per heavy atom. The molecule has 0 bridgehead atoms. The van der Waals surface area contributed by atoms with Gasteiger partial charge < -0.3 is 5.32 Å². The summed E-state index contributed by atoms with van der Waals surface area (Å²) in [6.07, 6.45) is 2.63. The molecule has 2 N–H and O–H groups in total. The summed E-state index contributed by atoms with van der Waals surface area (Å²) in [5.74, 6) is 0.316. The van der Waals surface area contributed by atoms with Crippen molar-refractivity contribution in [2.75, 3.05) is 10.0 Å². The van der Waals surface area contributed by atoms with E-state index in [1.54, 1.807) is 24.4 Å². The quantitative estimate of drug-likeness (QED) is 0.853. The van der Waals surface area contributed by atoms with E-state index in [4.69, 9.17) is 0 Å². The van der Waals surface area contributed by atoms with Gasteiger partial charge in [0.25, 0.3) is 10.0 Å². The standard InChI is InChI=1S/C14H19N3O2S2/c1-4-10(2)16-12-6-7-13(15-9-12)17-21(18,19)14-8-5-11(3)20-14/h5-10,16H,4H2,1-3H3,(H,15,17). The summed E-state index contributed by atoms with van der Waals surface area (Å²) >= 11 is 1.24. The molecule has 1 atom stereocenters. The smallest absolute Gasteiger partial charge is 0.272 e. The van der Waals surface area contributed by atoms with Crippen LogP contribution in [-0.2, 0) is 10.0 Å². The number of anilines is 2. The summed E-state index contributed by atoms with van der Waals surface area (Å²) in [5, 5.41) is 3.28. The highest BCUT2D eigenvalue weighted by atomic mass is 32.2. The first-order chi connectivity index (χ1) is 9.90. The van der Waals surface area contributed by atoms with E-state index in [1.807, 2.05) is 13.0 Å². The van der Waals surface area contributed by atoms with Crippen molar-refractivity contribution in [2.45, 2.75) is 37.4 Å². The van der Waals surface area contributed by atoms with Gasteiger partial charge in [-0.25, -0.2) is 13.4 Å². The molecule has 21 heavy (non-hydrogen) atoms. The maximum absolute atomic E-state index is 12.2. The molecular weight excluding hydrogens is 306 g/mol. The minimum atomic E-state index is -3.55. The monoisotopic (exact) mass is 325 g/mol. The Morgan fingerprint density at radius 3 is 2.57 bits per heavy atom. The maximum atomic E-state index is 12.2. The lowest BCUT2D eigenvalue weighted by Crippen LogP contribution is -2.15. The van der Waals surface area contributed by atoms with Crippen molar-refractivity contribution in [3.8, 4) is 0 Å². The number of sulfonamides is 1. The van der Waals surface area contributed by atoms with Crippen LogP contribution in [0.1, 0.15) is 25.1 Å². The van der Waals surface area contributed by atoms with Crippen LogP contribution in [0.25, 0.3) is 0 Å². The van der Waals surface area contributed by atoms with Gasteiger partial charge in [-0.05, 0) is 44.5 Å². The van der Waals surface area contributed by atoms with Crippen molar-refractivity contribution in [1.82, 2.24) is 4.98 Å². The number of hydrogen-bond donors (Lipinski definition) is 2. The molecule has 0 saturated carbocycles. The zero-order valence-corrected chi connectivity index (χ0v) is 13.9. The van der Waals surface area contributed by atoms with Crippen LogP contribution in [0, 0.1) is 6.92 Å². The van der Waals surface area contributed by atoms with Crippen molar-refractivity contribution in [1.29, 1.82) is 0 Å². The topological polar surface area (TPSA) is 71.1 Å². The summed E-state index contributed by atoms with van der Waals surface area (Å²) < 4.78 is 27.1. The van der Waals surface area contributed by atoms with E-state index < -0.39 is 10.0 Å². The Kier molecular flexibility index (Phi) is 4.84. The van der Waals surface area contributed by atoms with Crippen LogP contribution in [0.2, 0.25) is 0 Å². The highest BCUT2D eigenvalue weighted by molar-refractivity contribution is 7.94. The van der Waals surface area contributed by atoms with E-state index in [0.29, 0.717) is 16.1 Å². The molecule has 0 aliphatic heterocycles. The van der Waals surface area contributed by atoms with Gasteiger partial charge >= 0.3 is 0 Å². The van der Waals surface area contributed by atoms with Gasteiger partial charge in [0.2, 0.25) is 0 Å². The molecule has 5 nitrogen and oxygen atoms in total. The Bertz CT molecular complexity index is 693. The molecule has 0 radical (unpaired) electrons. The van der Waals surface area contributed by atoms with Gasteiger partial charge in [0.15, 0.2) is 0 Å². The molecule has 0 saturated heterocycles. The number of nitrogens with one attached hydrogen (secondary N) is 2. The summed E-state index contributed by atoms with van der Waals surface area (Å²) in [6.45, 7) is 6.05. The minimum absolute atomic E-state index is 0.295. The third kappa shape index (κ3) is 4.18. The lowest BCUT2D eigenvalue weighted by atomic mass is 10.2. The Balaban J connectivity index is 2.09. The van der Waals surface area contributed by atoms with E-state index in [9.17, 15) is 8.42 Å². The molecule has 2 aromatic rings. The van der Waals surface area contributed by atoms with Crippen molar-refractivity contribution >= 4 is 32.9 Å². The molecule has 0 amide bonds. The fourth-order valence-corrected chi connectivity index (χ4v) is 3.96. The van der Waals surface area contributed by atoms with Crippen molar-refractivity contribution in [3.63, 3.8) is 0 Å². The molecule has 0 fully saturated rings. The molecule has 2 aromatic heterocycles. The van der Waals surface area contributed by atoms with Crippen LogP contribution >= 0.6 is 11.3 Å². The van der Waals surface area contributed by atoms with E-state index in [2.05, 4.69) is 28.9 Å². The fourth-order valence-electron chi connectivity index (χ4n) is 1.67. The first-order valence-electron chi connectivity index (χ1n) is 6.72. The molecule has 7 heteroatoms. The van der Waals surface area contributed by atoms with Gasteiger partial charge in [-0.15, -0.1) is 11.3 Å². The first-order valence-corrected chi connectivity index (χ1v) is 9.02. The number of hydrogen-bond acceptors (Lipinski definition) is 5. The number of thiophene rings is 1. The normalized spacial score (nSPS) is 12.9. The number of aromatic nitrogens is 1. The second kappa shape index (κ2) is 6.44. The summed E-state index contributed by atoms with van der Waals surface area (Å²) in [4.78, 5) is 5.09. The van der Waals surface area contributed by atoms with E-state index in [-0.39, 0.29) is 0 Å². The molecule has 114 valence electrons. The lowest BCUT2D eigenvalue weighted by Gasteiger charge is -2.13. The largest absolute Gasteiger partial charge is 0.381 e. The fraction of sp³-hybridized carbons (Fsp3) is 0.357. The van der Waals surface area contributed by atoms with Crippen LogP contribution in [-0.4, -0.2) is 19.4 Å². The van der Waals surface area contributed by atoms with Crippen LogP contribution in [0.5, 0.6) is 0 Å². The van der Waals surface area contributed by atoms with Crippen molar-refractivity contribution < 1.29 is 8.42 Å². The van der Waals surface area contributed by atoms with Crippen molar-refractivity contribution in [2.24, 2.45) is 0 Å². The highest BCUT2D eigenvalue weighted by Gasteiger charge is 2.16. The zero-order chi connectivity index (χ0) is 15.5. The zero-order valence-electron chi connectivity index (χ0n) is 12.3. The molecule has 2 heterocycles. The van der Waals surface area contributed by atoms with E-state index >= 15 is 0 Å². The average Bonchev–Trinajstić information content (AvgIpc) is 2.88. The predicted molar refractivity (Wildman–Crippen MR) is 87.5 cm³/mol. The Hall–Kier alpha value is -1.60. The summed E-state index contributed by atoms with van der Waals surface area (Å²) in [5.41, 5.74) is 0.874. The van der Waals surface area contributed by atoms with Crippen LogP contribution < -0.4 is 10.0 Å². The number of nitrogens with zero attached hydrogens (tertiary/aromatic N) is 1. The van der Waals surface area contributed by atoms with E-state index in [0.717, 1.165) is 17.0 Å². The minimum Gasteiger partial charge on any atom is -0.381 e. The van der Waals surface area contributed by atoms with Crippen LogP contribution in [0.4, 0.5) is 11.5 Å². The van der Waals surface area contributed by atoms with Gasteiger partial charge in [-0.1, -0.05) is 6.92 Å².